The number of carbonyl (C=O) groups excluding carboxylic acids is 1. The van der Waals surface area contributed by atoms with Gasteiger partial charge in [0.25, 0.3) is 0 Å². The van der Waals surface area contributed by atoms with Crippen LogP contribution in [0.15, 0.2) is 17.4 Å². The Morgan fingerprint density at radius 3 is 3.00 bits per heavy atom. The SMILES string of the molecule is C/C=N\C=C/NC(=O)OCC. The number of ether oxygens (including phenoxy) is 1. The number of hydrogen-bond acceptors (Lipinski definition) is 3. The Bertz CT molecular complexity index is 164. The van der Waals surface area contributed by atoms with Gasteiger partial charge in [-0.1, -0.05) is 0 Å². The zero-order chi connectivity index (χ0) is 8.53. The van der Waals surface area contributed by atoms with Gasteiger partial charge in [0.15, 0.2) is 0 Å². The normalized spacial score (nSPS) is 10.7. The van der Waals surface area contributed by atoms with Gasteiger partial charge in [0, 0.05) is 18.6 Å². The summed E-state index contributed by atoms with van der Waals surface area (Å²) in [5, 5.41) is 2.36. The quantitative estimate of drug-likeness (QED) is 0.626. The van der Waals surface area contributed by atoms with E-state index in [0.717, 1.165) is 0 Å². The fourth-order valence-corrected chi connectivity index (χ4v) is 0.407. The summed E-state index contributed by atoms with van der Waals surface area (Å²) in [4.78, 5) is 14.3. The van der Waals surface area contributed by atoms with Crippen molar-refractivity contribution in [2.24, 2.45) is 4.99 Å². The summed E-state index contributed by atoms with van der Waals surface area (Å²) < 4.78 is 4.57. The van der Waals surface area contributed by atoms with E-state index in [0.29, 0.717) is 6.61 Å². The molecule has 0 rings (SSSR count). The van der Waals surface area contributed by atoms with Crippen LogP contribution >= 0.6 is 0 Å². The molecule has 0 bridgehead atoms. The van der Waals surface area contributed by atoms with Gasteiger partial charge >= 0.3 is 6.09 Å². The Morgan fingerprint density at radius 1 is 1.73 bits per heavy atom. The van der Waals surface area contributed by atoms with Crippen LogP contribution in [0.1, 0.15) is 13.8 Å². The highest BCUT2D eigenvalue weighted by Crippen LogP contribution is 1.76. The van der Waals surface area contributed by atoms with Gasteiger partial charge in [-0.05, 0) is 13.8 Å². The molecule has 4 heteroatoms. The second kappa shape index (κ2) is 6.80. The number of amides is 1. The van der Waals surface area contributed by atoms with E-state index >= 15 is 0 Å². The van der Waals surface area contributed by atoms with Crippen LogP contribution in [0.2, 0.25) is 0 Å². The monoisotopic (exact) mass is 156 g/mol. The third-order valence-electron chi connectivity index (χ3n) is 0.786. The maximum absolute atomic E-state index is 10.6. The Morgan fingerprint density at radius 2 is 2.45 bits per heavy atom. The smallest absolute Gasteiger partial charge is 0.411 e. The van der Waals surface area contributed by atoms with Crippen molar-refractivity contribution in [3.05, 3.63) is 12.4 Å². The summed E-state index contributed by atoms with van der Waals surface area (Å²) in [6.07, 6.45) is 4.04. The number of nitrogens with zero attached hydrogens (tertiary/aromatic N) is 1. The van der Waals surface area contributed by atoms with Crippen LogP contribution in [0, 0.1) is 0 Å². The van der Waals surface area contributed by atoms with Gasteiger partial charge < -0.3 is 4.74 Å². The standard InChI is InChI=1S/C7H12N2O2/c1-3-8-5-6-9-7(10)11-4-2/h3,5-6H,4H2,1-2H3,(H,9,10)/b6-5-,8-3-. The van der Waals surface area contributed by atoms with Crippen LogP contribution in [0.4, 0.5) is 4.79 Å². The van der Waals surface area contributed by atoms with E-state index in [-0.39, 0.29) is 0 Å². The van der Waals surface area contributed by atoms with Crippen molar-refractivity contribution in [2.75, 3.05) is 6.61 Å². The molecule has 4 nitrogen and oxygen atoms in total. The predicted octanol–water partition coefficient (Wildman–Crippen LogP) is 1.29. The zero-order valence-electron chi connectivity index (χ0n) is 6.70. The molecule has 0 aliphatic rings. The van der Waals surface area contributed by atoms with Gasteiger partial charge in [0.1, 0.15) is 0 Å². The summed E-state index contributed by atoms with van der Waals surface area (Å²) in [5.41, 5.74) is 0. The first kappa shape index (κ1) is 9.68. The van der Waals surface area contributed by atoms with Crippen molar-refractivity contribution in [3.8, 4) is 0 Å². The van der Waals surface area contributed by atoms with Gasteiger partial charge in [0.05, 0.1) is 6.61 Å². The summed E-state index contributed by atoms with van der Waals surface area (Å²) in [5.74, 6) is 0. The molecule has 0 fully saturated rings. The highest BCUT2D eigenvalue weighted by molar-refractivity contribution is 5.68. The molecule has 0 saturated heterocycles. The van der Waals surface area contributed by atoms with Crippen molar-refractivity contribution < 1.29 is 9.53 Å². The number of aliphatic imine (C=N–C) groups is 1. The molecule has 1 amide bonds. The largest absolute Gasteiger partial charge is 0.450 e. The number of nitrogens with one attached hydrogen (secondary N) is 1. The van der Waals surface area contributed by atoms with Crippen molar-refractivity contribution in [1.82, 2.24) is 5.32 Å². The molecule has 0 aliphatic carbocycles. The predicted molar refractivity (Wildman–Crippen MR) is 43.5 cm³/mol. The summed E-state index contributed by atoms with van der Waals surface area (Å²) >= 11 is 0. The van der Waals surface area contributed by atoms with Crippen molar-refractivity contribution in [2.45, 2.75) is 13.8 Å². The van der Waals surface area contributed by atoms with Crippen molar-refractivity contribution in [1.29, 1.82) is 0 Å². The average molecular weight is 156 g/mol. The van der Waals surface area contributed by atoms with Crippen molar-refractivity contribution in [3.63, 3.8) is 0 Å². The number of rotatable bonds is 3. The van der Waals surface area contributed by atoms with E-state index in [4.69, 9.17) is 0 Å². The third-order valence-corrected chi connectivity index (χ3v) is 0.786. The molecule has 0 aliphatic heterocycles. The molecule has 0 saturated carbocycles. The number of alkyl carbamates (subject to hydrolysis) is 1. The second-order valence-corrected chi connectivity index (χ2v) is 1.59. The van der Waals surface area contributed by atoms with Gasteiger partial charge in [-0.3, -0.25) is 10.3 Å². The maximum Gasteiger partial charge on any atom is 0.411 e. The number of hydrogen-bond donors (Lipinski definition) is 1. The summed E-state index contributed by atoms with van der Waals surface area (Å²) in [7, 11) is 0. The van der Waals surface area contributed by atoms with E-state index in [2.05, 4.69) is 15.0 Å². The fraction of sp³-hybridized carbons (Fsp3) is 0.429. The lowest BCUT2D eigenvalue weighted by atomic mass is 10.8. The first-order chi connectivity index (χ1) is 5.31. The minimum atomic E-state index is -0.463. The summed E-state index contributed by atoms with van der Waals surface area (Å²) in [6.45, 7) is 3.90. The molecule has 1 N–H and O–H groups in total. The van der Waals surface area contributed by atoms with Crippen LogP contribution in [0.3, 0.4) is 0 Å². The highest BCUT2D eigenvalue weighted by Gasteiger charge is 1.92. The van der Waals surface area contributed by atoms with Crippen LogP contribution in [0.5, 0.6) is 0 Å². The fourth-order valence-electron chi connectivity index (χ4n) is 0.407. The topological polar surface area (TPSA) is 50.7 Å². The van der Waals surface area contributed by atoms with Crippen LogP contribution in [-0.2, 0) is 4.74 Å². The van der Waals surface area contributed by atoms with E-state index in [1.165, 1.54) is 12.4 Å². The molecule has 0 heterocycles. The van der Waals surface area contributed by atoms with E-state index in [1.54, 1.807) is 20.1 Å². The highest BCUT2D eigenvalue weighted by atomic mass is 16.5. The number of carbonyl (C=O) groups is 1. The first-order valence-corrected chi connectivity index (χ1v) is 3.37. The van der Waals surface area contributed by atoms with Crippen LogP contribution in [0.25, 0.3) is 0 Å². The minimum absolute atomic E-state index is 0.372. The molecule has 0 aromatic rings. The van der Waals surface area contributed by atoms with E-state index in [9.17, 15) is 4.79 Å². The Kier molecular flexibility index (Phi) is 5.98. The molecule has 0 spiro atoms. The first-order valence-electron chi connectivity index (χ1n) is 3.37. The lowest BCUT2D eigenvalue weighted by Gasteiger charge is -1.97. The molecule has 0 unspecified atom stereocenters. The molecule has 62 valence electrons. The molecule has 11 heavy (non-hydrogen) atoms. The minimum Gasteiger partial charge on any atom is -0.450 e. The van der Waals surface area contributed by atoms with E-state index < -0.39 is 6.09 Å². The Hall–Kier alpha value is -1.32. The zero-order valence-corrected chi connectivity index (χ0v) is 6.70. The molecular weight excluding hydrogens is 144 g/mol. The lowest BCUT2D eigenvalue weighted by Crippen LogP contribution is -2.17. The van der Waals surface area contributed by atoms with Crippen molar-refractivity contribution >= 4 is 12.3 Å². The maximum atomic E-state index is 10.6. The second-order valence-electron chi connectivity index (χ2n) is 1.59. The molecule has 0 aromatic carbocycles. The molecule has 0 atom stereocenters. The third kappa shape index (κ3) is 6.57. The van der Waals surface area contributed by atoms with Gasteiger partial charge in [-0.15, -0.1) is 0 Å². The van der Waals surface area contributed by atoms with Gasteiger partial charge in [-0.2, -0.15) is 0 Å². The Labute approximate surface area is 66.0 Å². The summed E-state index contributed by atoms with van der Waals surface area (Å²) in [6, 6.07) is 0. The van der Waals surface area contributed by atoms with Gasteiger partial charge in [-0.25, -0.2) is 4.79 Å². The van der Waals surface area contributed by atoms with E-state index in [1.807, 2.05) is 0 Å². The average Bonchev–Trinajstić information content (AvgIpc) is 1.99. The van der Waals surface area contributed by atoms with Gasteiger partial charge in [0.2, 0.25) is 0 Å². The molecular formula is C7H12N2O2. The molecule has 0 radical (unpaired) electrons. The van der Waals surface area contributed by atoms with Crippen LogP contribution in [-0.4, -0.2) is 18.9 Å². The Balaban J connectivity index is 3.44. The lowest BCUT2D eigenvalue weighted by molar-refractivity contribution is 0.156. The molecule has 0 aromatic heterocycles. The van der Waals surface area contributed by atoms with Crippen LogP contribution < -0.4 is 5.32 Å².